The van der Waals surface area contributed by atoms with Crippen LogP contribution < -0.4 is 5.32 Å². The summed E-state index contributed by atoms with van der Waals surface area (Å²) in [6, 6.07) is 10.3. The van der Waals surface area contributed by atoms with E-state index < -0.39 is 0 Å². The molecule has 1 fully saturated rings. The monoisotopic (exact) mass is 299 g/mol. The molecule has 1 aliphatic rings. The van der Waals surface area contributed by atoms with E-state index in [1.807, 2.05) is 18.2 Å². The molecule has 0 bridgehead atoms. The molecule has 108 valence electrons. The zero-order valence-electron chi connectivity index (χ0n) is 11.7. The molecule has 4 rings (SSSR count). The Morgan fingerprint density at radius 1 is 1.33 bits per heavy atom. The molecular formula is C16H17N3OS. The predicted octanol–water partition coefficient (Wildman–Crippen LogP) is 3.65. The van der Waals surface area contributed by atoms with E-state index in [4.69, 9.17) is 9.72 Å². The van der Waals surface area contributed by atoms with Gasteiger partial charge in [-0.2, -0.15) is 0 Å². The molecule has 1 unspecified atom stereocenters. The van der Waals surface area contributed by atoms with Crippen molar-refractivity contribution in [3.05, 3.63) is 41.9 Å². The molecule has 21 heavy (non-hydrogen) atoms. The molecule has 1 atom stereocenters. The minimum absolute atomic E-state index is 0.315. The molecule has 1 aliphatic heterocycles. The van der Waals surface area contributed by atoms with Gasteiger partial charge >= 0.3 is 0 Å². The third kappa shape index (κ3) is 2.43. The highest BCUT2D eigenvalue weighted by Crippen LogP contribution is 2.32. The minimum Gasteiger partial charge on any atom is -0.376 e. The van der Waals surface area contributed by atoms with Crippen molar-refractivity contribution in [2.45, 2.75) is 18.9 Å². The van der Waals surface area contributed by atoms with Gasteiger partial charge in [-0.05, 0) is 36.4 Å². The zero-order chi connectivity index (χ0) is 14.1. The number of hydrogen-bond acceptors (Lipinski definition) is 4. The fourth-order valence-electron chi connectivity index (χ4n) is 2.77. The number of fused-ring (bicyclic) bond motifs is 1. The SMILES string of the molecule is c1csc(-c2nc3ccccn3c2NCC2CCCO2)c1. The second-order valence-corrected chi connectivity index (χ2v) is 6.18. The van der Waals surface area contributed by atoms with Crippen molar-refractivity contribution in [3.63, 3.8) is 0 Å². The van der Waals surface area contributed by atoms with Crippen LogP contribution in [0.4, 0.5) is 5.82 Å². The second-order valence-electron chi connectivity index (χ2n) is 5.23. The maximum absolute atomic E-state index is 5.70. The Morgan fingerprint density at radius 2 is 2.33 bits per heavy atom. The van der Waals surface area contributed by atoms with E-state index in [0.717, 1.165) is 43.2 Å². The highest BCUT2D eigenvalue weighted by atomic mass is 32.1. The Balaban J connectivity index is 1.71. The fourth-order valence-corrected chi connectivity index (χ4v) is 3.48. The molecule has 0 radical (unpaired) electrons. The van der Waals surface area contributed by atoms with Crippen LogP contribution in [-0.4, -0.2) is 28.6 Å². The highest BCUT2D eigenvalue weighted by molar-refractivity contribution is 7.13. The summed E-state index contributed by atoms with van der Waals surface area (Å²) < 4.78 is 7.82. The minimum atomic E-state index is 0.315. The molecule has 0 aromatic carbocycles. The van der Waals surface area contributed by atoms with Crippen LogP contribution in [0.25, 0.3) is 16.2 Å². The van der Waals surface area contributed by atoms with Crippen LogP contribution in [0, 0.1) is 0 Å². The molecule has 0 spiro atoms. The van der Waals surface area contributed by atoms with Crippen LogP contribution in [0.5, 0.6) is 0 Å². The molecule has 0 saturated carbocycles. The first-order valence-electron chi connectivity index (χ1n) is 7.28. The van der Waals surface area contributed by atoms with E-state index in [1.54, 1.807) is 11.3 Å². The number of rotatable bonds is 4. The molecule has 3 aromatic rings. The van der Waals surface area contributed by atoms with Crippen molar-refractivity contribution in [1.29, 1.82) is 0 Å². The van der Waals surface area contributed by atoms with Gasteiger partial charge < -0.3 is 10.1 Å². The molecule has 3 aromatic heterocycles. The van der Waals surface area contributed by atoms with Crippen molar-refractivity contribution in [1.82, 2.24) is 9.38 Å². The van der Waals surface area contributed by atoms with E-state index in [9.17, 15) is 0 Å². The van der Waals surface area contributed by atoms with E-state index in [1.165, 1.54) is 4.88 Å². The lowest BCUT2D eigenvalue weighted by Crippen LogP contribution is -2.19. The Kier molecular flexibility index (Phi) is 3.37. The van der Waals surface area contributed by atoms with Gasteiger partial charge in [0, 0.05) is 19.3 Å². The van der Waals surface area contributed by atoms with Crippen LogP contribution in [-0.2, 0) is 4.74 Å². The molecule has 1 N–H and O–H groups in total. The van der Waals surface area contributed by atoms with Crippen LogP contribution in [0.1, 0.15) is 12.8 Å². The molecule has 4 nitrogen and oxygen atoms in total. The van der Waals surface area contributed by atoms with Crippen molar-refractivity contribution in [2.75, 3.05) is 18.5 Å². The molecule has 0 aliphatic carbocycles. The van der Waals surface area contributed by atoms with Gasteiger partial charge in [0.1, 0.15) is 17.2 Å². The lowest BCUT2D eigenvalue weighted by molar-refractivity contribution is 0.120. The predicted molar refractivity (Wildman–Crippen MR) is 86.0 cm³/mol. The third-order valence-corrected chi connectivity index (χ3v) is 4.68. The summed E-state index contributed by atoms with van der Waals surface area (Å²) in [7, 11) is 0. The van der Waals surface area contributed by atoms with Gasteiger partial charge in [0.05, 0.1) is 11.0 Å². The third-order valence-electron chi connectivity index (χ3n) is 3.81. The smallest absolute Gasteiger partial charge is 0.139 e. The summed E-state index contributed by atoms with van der Waals surface area (Å²) in [5.74, 6) is 1.06. The number of pyridine rings is 1. The van der Waals surface area contributed by atoms with Gasteiger partial charge in [0.15, 0.2) is 0 Å². The molecular weight excluding hydrogens is 282 g/mol. The van der Waals surface area contributed by atoms with Gasteiger partial charge in [-0.3, -0.25) is 4.40 Å². The molecule has 1 saturated heterocycles. The van der Waals surface area contributed by atoms with Crippen molar-refractivity contribution in [3.8, 4) is 10.6 Å². The van der Waals surface area contributed by atoms with Gasteiger partial charge in [-0.25, -0.2) is 4.98 Å². The lowest BCUT2D eigenvalue weighted by atomic mass is 10.2. The number of anilines is 1. The Hall–Kier alpha value is -1.85. The van der Waals surface area contributed by atoms with Crippen LogP contribution >= 0.6 is 11.3 Å². The summed E-state index contributed by atoms with van der Waals surface area (Å²) in [6.45, 7) is 1.72. The van der Waals surface area contributed by atoms with Gasteiger partial charge in [0.2, 0.25) is 0 Å². The number of nitrogens with one attached hydrogen (secondary N) is 1. The summed E-state index contributed by atoms with van der Waals surface area (Å²) >= 11 is 1.72. The standard InChI is InChI=1S/C16H17N3OS/c1-2-8-19-14(7-1)18-15(13-6-4-10-21-13)16(19)17-11-12-5-3-9-20-12/h1-2,4,6-8,10,12,17H,3,5,9,11H2. The summed E-state index contributed by atoms with van der Waals surface area (Å²) in [5, 5.41) is 5.64. The number of aromatic nitrogens is 2. The highest BCUT2D eigenvalue weighted by Gasteiger charge is 2.18. The lowest BCUT2D eigenvalue weighted by Gasteiger charge is -2.12. The van der Waals surface area contributed by atoms with Crippen molar-refractivity contribution >= 4 is 22.8 Å². The van der Waals surface area contributed by atoms with Gasteiger partial charge in [-0.15, -0.1) is 11.3 Å². The molecule has 0 amide bonds. The molecule has 5 heteroatoms. The van der Waals surface area contributed by atoms with Gasteiger partial charge in [0.25, 0.3) is 0 Å². The zero-order valence-corrected chi connectivity index (χ0v) is 12.5. The number of thiophene rings is 1. The van der Waals surface area contributed by atoms with E-state index in [-0.39, 0.29) is 0 Å². The summed E-state index contributed by atoms with van der Waals surface area (Å²) in [6.07, 6.45) is 4.67. The number of imidazole rings is 1. The first kappa shape index (κ1) is 12.9. The molecule has 4 heterocycles. The largest absolute Gasteiger partial charge is 0.376 e. The van der Waals surface area contributed by atoms with Crippen LogP contribution in [0.3, 0.4) is 0 Å². The first-order chi connectivity index (χ1) is 10.4. The summed E-state index contributed by atoms with van der Waals surface area (Å²) in [5.41, 5.74) is 1.99. The average molecular weight is 299 g/mol. The van der Waals surface area contributed by atoms with E-state index >= 15 is 0 Å². The maximum atomic E-state index is 5.70. The Bertz CT molecular complexity index is 729. The van der Waals surface area contributed by atoms with E-state index in [2.05, 4.69) is 33.4 Å². The van der Waals surface area contributed by atoms with Gasteiger partial charge in [-0.1, -0.05) is 12.1 Å². The first-order valence-corrected chi connectivity index (χ1v) is 8.16. The Labute approximate surface area is 127 Å². The quantitative estimate of drug-likeness (QED) is 0.799. The van der Waals surface area contributed by atoms with E-state index in [0.29, 0.717) is 6.10 Å². The van der Waals surface area contributed by atoms with Crippen molar-refractivity contribution < 1.29 is 4.74 Å². The maximum Gasteiger partial charge on any atom is 0.139 e. The fraction of sp³-hybridized carbons (Fsp3) is 0.312. The number of ether oxygens (including phenoxy) is 1. The second kappa shape index (κ2) is 5.50. The topological polar surface area (TPSA) is 38.6 Å². The van der Waals surface area contributed by atoms with Crippen LogP contribution in [0.2, 0.25) is 0 Å². The average Bonchev–Trinajstić information content (AvgIpc) is 3.25. The number of hydrogen-bond donors (Lipinski definition) is 1. The van der Waals surface area contributed by atoms with Crippen LogP contribution in [0.15, 0.2) is 41.9 Å². The Morgan fingerprint density at radius 3 is 3.14 bits per heavy atom. The number of nitrogens with zero attached hydrogens (tertiary/aromatic N) is 2. The normalized spacial score (nSPS) is 18.4. The van der Waals surface area contributed by atoms with Crippen molar-refractivity contribution in [2.24, 2.45) is 0 Å². The summed E-state index contributed by atoms with van der Waals surface area (Å²) in [4.78, 5) is 5.96.